The van der Waals surface area contributed by atoms with Crippen molar-refractivity contribution in [1.29, 1.82) is 0 Å². The number of likely N-dealkylation sites (tertiary alicyclic amines) is 1. The first-order valence-electron chi connectivity index (χ1n) is 7.26. The van der Waals surface area contributed by atoms with Crippen LogP contribution in [-0.2, 0) is 13.2 Å². The zero-order valence-corrected chi connectivity index (χ0v) is 12.4. The van der Waals surface area contributed by atoms with Crippen LogP contribution in [0.3, 0.4) is 0 Å². The highest BCUT2D eigenvalue weighted by molar-refractivity contribution is 5.13. The van der Waals surface area contributed by atoms with E-state index in [2.05, 4.69) is 36.7 Å². The molecule has 3 nitrogen and oxygen atoms in total. The van der Waals surface area contributed by atoms with Crippen molar-refractivity contribution in [3.05, 3.63) is 29.6 Å². The summed E-state index contributed by atoms with van der Waals surface area (Å²) in [5.41, 5.74) is 2.43. The molecule has 0 atom stereocenters. The molecule has 1 N–H and O–H groups in total. The van der Waals surface area contributed by atoms with Crippen LogP contribution in [0.4, 0.5) is 0 Å². The normalized spacial score (nSPS) is 18.7. The van der Waals surface area contributed by atoms with E-state index in [9.17, 15) is 0 Å². The summed E-state index contributed by atoms with van der Waals surface area (Å²) in [5.74, 6) is 0.846. The van der Waals surface area contributed by atoms with E-state index in [-0.39, 0.29) is 6.61 Å². The lowest BCUT2D eigenvalue weighted by molar-refractivity contribution is 0.108. The fourth-order valence-corrected chi connectivity index (χ4v) is 2.86. The van der Waals surface area contributed by atoms with Crippen LogP contribution in [-0.4, -0.2) is 28.1 Å². The Labute approximate surface area is 116 Å². The number of aliphatic hydroxyl groups is 1. The summed E-state index contributed by atoms with van der Waals surface area (Å²) in [4.78, 5) is 6.75. The molecular formula is C16H26N2O. The molecule has 0 saturated carbocycles. The molecule has 1 saturated heterocycles. The number of rotatable bonds is 3. The lowest BCUT2D eigenvalue weighted by Crippen LogP contribution is -2.37. The molecule has 1 aliphatic heterocycles. The van der Waals surface area contributed by atoms with Gasteiger partial charge in [-0.2, -0.15) is 0 Å². The molecule has 1 fully saturated rings. The lowest BCUT2D eigenvalue weighted by atomic mass is 9.75. The van der Waals surface area contributed by atoms with E-state index >= 15 is 0 Å². The molecule has 1 aromatic rings. The Morgan fingerprint density at radius 1 is 1.26 bits per heavy atom. The van der Waals surface area contributed by atoms with Crippen molar-refractivity contribution in [2.75, 3.05) is 13.1 Å². The van der Waals surface area contributed by atoms with Gasteiger partial charge in [-0.15, -0.1) is 0 Å². The van der Waals surface area contributed by atoms with Gasteiger partial charge >= 0.3 is 0 Å². The summed E-state index contributed by atoms with van der Waals surface area (Å²) < 4.78 is 0. The molecule has 0 spiro atoms. The van der Waals surface area contributed by atoms with Gasteiger partial charge in [-0.1, -0.05) is 26.8 Å². The maximum absolute atomic E-state index is 8.98. The second kappa shape index (κ2) is 6.02. The van der Waals surface area contributed by atoms with Gasteiger partial charge < -0.3 is 5.11 Å². The van der Waals surface area contributed by atoms with Crippen molar-refractivity contribution >= 4 is 0 Å². The van der Waals surface area contributed by atoms with E-state index in [1.54, 1.807) is 0 Å². The van der Waals surface area contributed by atoms with Gasteiger partial charge in [0.25, 0.3) is 0 Å². The highest BCUT2D eigenvalue weighted by Gasteiger charge is 2.28. The van der Waals surface area contributed by atoms with E-state index in [4.69, 9.17) is 5.11 Å². The largest absolute Gasteiger partial charge is 0.390 e. The molecule has 2 heterocycles. The Morgan fingerprint density at radius 3 is 2.42 bits per heavy atom. The Balaban J connectivity index is 1.85. The molecule has 19 heavy (non-hydrogen) atoms. The van der Waals surface area contributed by atoms with Gasteiger partial charge in [0.2, 0.25) is 0 Å². The third-order valence-corrected chi connectivity index (χ3v) is 4.27. The SMILES string of the molecule is CC(C)(C)C1CCN(Cc2ccc(CO)nc2)CC1. The average Bonchev–Trinajstić information content (AvgIpc) is 2.39. The highest BCUT2D eigenvalue weighted by atomic mass is 16.3. The molecule has 0 aliphatic carbocycles. The van der Waals surface area contributed by atoms with Crippen LogP contribution in [0.2, 0.25) is 0 Å². The lowest BCUT2D eigenvalue weighted by Gasteiger charge is -2.38. The van der Waals surface area contributed by atoms with E-state index in [0.29, 0.717) is 5.41 Å². The maximum Gasteiger partial charge on any atom is 0.0852 e. The molecule has 2 rings (SSSR count). The number of piperidine rings is 1. The fourth-order valence-electron chi connectivity index (χ4n) is 2.86. The van der Waals surface area contributed by atoms with Crippen molar-refractivity contribution in [1.82, 2.24) is 9.88 Å². The zero-order chi connectivity index (χ0) is 13.9. The molecule has 3 heteroatoms. The predicted octanol–water partition coefficient (Wildman–Crippen LogP) is 2.83. The van der Waals surface area contributed by atoms with Gasteiger partial charge in [-0.3, -0.25) is 9.88 Å². The average molecular weight is 262 g/mol. The van der Waals surface area contributed by atoms with Crippen molar-refractivity contribution in [2.24, 2.45) is 11.3 Å². The van der Waals surface area contributed by atoms with Crippen LogP contribution in [0.25, 0.3) is 0 Å². The standard InChI is InChI=1S/C16H26N2O/c1-16(2,3)14-6-8-18(9-7-14)11-13-4-5-15(12-19)17-10-13/h4-5,10,14,19H,6-9,11-12H2,1-3H3. The van der Waals surface area contributed by atoms with Crippen LogP contribution < -0.4 is 0 Å². The fraction of sp³-hybridized carbons (Fsp3) is 0.688. The number of hydrogen-bond donors (Lipinski definition) is 1. The van der Waals surface area contributed by atoms with Crippen LogP contribution in [0.5, 0.6) is 0 Å². The highest BCUT2D eigenvalue weighted by Crippen LogP contribution is 2.34. The number of aromatic nitrogens is 1. The topological polar surface area (TPSA) is 36.4 Å². The van der Waals surface area contributed by atoms with Gasteiger partial charge in [-0.05, 0) is 48.9 Å². The van der Waals surface area contributed by atoms with Crippen LogP contribution in [0.1, 0.15) is 44.9 Å². The van der Waals surface area contributed by atoms with Crippen LogP contribution >= 0.6 is 0 Å². The van der Waals surface area contributed by atoms with Gasteiger partial charge in [0.1, 0.15) is 0 Å². The minimum Gasteiger partial charge on any atom is -0.390 e. The zero-order valence-electron chi connectivity index (χ0n) is 12.4. The molecule has 0 aromatic carbocycles. The number of pyridine rings is 1. The van der Waals surface area contributed by atoms with Crippen LogP contribution in [0.15, 0.2) is 18.3 Å². The monoisotopic (exact) mass is 262 g/mol. The van der Waals surface area contributed by atoms with E-state index in [1.807, 2.05) is 12.3 Å². The molecule has 0 radical (unpaired) electrons. The van der Waals surface area contributed by atoms with Gasteiger partial charge in [0.15, 0.2) is 0 Å². The number of hydrogen-bond acceptors (Lipinski definition) is 3. The molecule has 106 valence electrons. The minimum atomic E-state index is 0.0251. The number of aliphatic hydroxyl groups excluding tert-OH is 1. The second-order valence-electron chi connectivity index (χ2n) is 6.73. The quantitative estimate of drug-likeness (QED) is 0.910. The third kappa shape index (κ3) is 4.02. The van der Waals surface area contributed by atoms with Crippen molar-refractivity contribution < 1.29 is 5.11 Å². The first-order valence-corrected chi connectivity index (χ1v) is 7.26. The first kappa shape index (κ1) is 14.5. The molecule has 0 bridgehead atoms. The Morgan fingerprint density at radius 2 is 1.95 bits per heavy atom. The minimum absolute atomic E-state index is 0.0251. The number of nitrogens with zero attached hydrogens (tertiary/aromatic N) is 2. The molecule has 1 aromatic heterocycles. The molecule has 1 aliphatic rings. The summed E-state index contributed by atoms with van der Waals surface area (Å²) in [6.45, 7) is 10.4. The molecular weight excluding hydrogens is 236 g/mol. The summed E-state index contributed by atoms with van der Waals surface area (Å²) in [6, 6.07) is 3.99. The Kier molecular flexibility index (Phi) is 4.58. The Bertz CT molecular complexity index is 386. The van der Waals surface area contributed by atoms with E-state index in [0.717, 1.165) is 18.2 Å². The smallest absolute Gasteiger partial charge is 0.0852 e. The van der Waals surface area contributed by atoms with Gasteiger partial charge in [-0.25, -0.2) is 0 Å². The van der Waals surface area contributed by atoms with Crippen molar-refractivity contribution in [3.8, 4) is 0 Å². The summed E-state index contributed by atoms with van der Waals surface area (Å²) >= 11 is 0. The van der Waals surface area contributed by atoms with Crippen LogP contribution in [0, 0.1) is 11.3 Å². The van der Waals surface area contributed by atoms with Crippen molar-refractivity contribution in [3.63, 3.8) is 0 Å². The first-order chi connectivity index (χ1) is 8.99. The summed E-state index contributed by atoms with van der Waals surface area (Å²) in [5, 5.41) is 8.98. The molecule has 0 amide bonds. The van der Waals surface area contributed by atoms with Crippen molar-refractivity contribution in [2.45, 2.75) is 46.8 Å². The van der Waals surface area contributed by atoms with Gasteiger partial charge in [0.05, 0.1) is 12.3 Å². The summed E-state index contributed by atoms with van der Waals surface area (Å²) in [7, 11) is 0. The second-order valence-corrected chi connectivity index (χ2v) is 6.73. The van der Waals surface area contributed by atoms with Gasteiger partial charge in [0, 0.05) is 12.7 Å². The summed E-state index contributed by atoms with van der Waals surface area (Å²) in [6.07, 6.45) is 4.48. The van der Waals surface area contributed by atoms with E-state index in [1.165, 1.54) is 31.5 Å². The Hall–Kier alpha value is -0.930. The predicted molar refractivity (Wildman–Crippen MR) is 77.6 cm³/mol. The molecule has 0 unspecified atom stereocenters. The van der Waals surface area contributed by atoms with E-state index < -0.39 is 0 Å². The maximum atomic E-state index is 8.98. The third-order valence-electron chi connectivity index (χ3n) is 4.27.